The van der Waals surface area contributed by atoms with E-state index >= 15 is 0 Å². The number of rotatable bonds is 5. The molecular formula is C13H24IN5. The van der Waals surface area contributed by atoms with E-state index < -0.39 is 0 Å². The Bertz CT molecular complexity index is 390. The Kier molecular flexibility index (Phi) is 6.60. The van der Waals surface area contributed by atoms with Gasteiger partial charge in [0.2, 0.25) is 0 Å². The van der Waals surface area contributed by atoms with Gasteiger partial charge in [0.05, 0.1) is 0 Å². The highest BCUT2D eigenvalue weighted by molar-refractivity contribution is 14.0. The van der Waals surface area contributed by atoms with E-state index in [0.717, 1.165) is 25.0 Å². The number of hydrogen-bond donors (Lipinski definition) is 2. The Balaban J connectivity index is 0.00000180. The first kappa shape index (κ1) is 16.3. The zero-order chi connectivity index (χ0) is 13.0. The molecule has 1 fully saturated rings. The Labute approximate surface area is 132 Å². The zero-order valence-corrected chi connectivity index (χ0v) is 14.2. The first-order valence-corrected chi connectivity index (χ1v) is 6.63. The highest BCUT2D eigenvalue weighted by atomic mass is 127. The molecule has 1 aromatic heterocycles. The summed E-state index contributed by atoms with van der Waals surface area (Å²) in [5, 5.41) is 11.0. The monoisotopic (exact) mass is 377 g/mol. The second kappa shape index (κ2) is 7.72. The molecular weight excluding hydrogens is 353 g/mol. The van der Waals surface area contributed by atoms with E-state index in [9.17, 15) is 0 Å². The number of aromatic nitrogens is 2. The van der Waals surface area contributed by atoms with Crippen LogP contribution >= 0.6 is 24.0 Å². The van der Waals surface area contributed by atoms with Gasteiger partial charge in [0, 0.05) is 38.6 Å². The lowest BCUT2D eigenvalue weighted by Crippen LogP contribution is -2.41. The number of halogens is 1. The van der Waals surface area contributed by atoms with Crippen LogP contribution in [0.4, 0.5) is 0 Å². The lowest BCUT2D eigenvalue weighted by Gasteiger charge is -2.16. The SMILES string of the molecule is CN=C(NCC(C)Cn1cccn1)NC1CC1C.I. The molecule has 0 amide bonds. The fourth-order valence-corrected chi connectivity index (χ4v) is 1.96. The third kappa shape index (κ3) is 5.38. The first-order chi connectivity index (χ1) is 8.69. The van der Waals surface area contributed by atoms with E-state index in [1.54, 1.807) is 0 Å². The van der Waals surface area contributed by atoms with Crippen molar-refractivity contribution in [2.24, 2.45) is 16.8 Å². The summed E-state index contributed by atoms with van der Waals surface area (Å²) in [6.45, 7) is 6.30. The highest BCUT2D eigenvalue weighted by Crippen LogP contribution is 2.28. The fourth-order valence-electron chi connectivity index (χ4n) is 1.96. The molecule has 0 spiro atoms. The average molecular weight is 377 g/mol. The summed E-state index contributed by atoms with van der Waals surface area (Å²) in [4.78, 5) is 4.24. The van der Waals surface area contributed by atoms with Gasteiger partial charge in [0.15, 0.2) is 5.96 Å². The van der Waals surface area contributed by atoms with Gasteiger partial charge in [-0.25, -0.2) is 0 Å². The highest BCUT2D eigenvalue weighted by Gasteiger charge is 2.33. The molecule has 1 aliphatic carbocycles. The number of nitrogens with one attached hydrogen (secondary N) is 2. The van der Waals surface area contributed by atoms with Crippen LogP contribution in [-0.4, -0.2) is 35.4 Å². The molecule has 2 rings (SSSR count). The second-order valence-electron chi connectivity index (χ2n) is 5.25. The van der Waals surface area contributed by atoms with E-state index in [1.807, 2.05) is 30.2 Å². The minimum atomic E-state index is 0. The summed E-state index contributed by atoms with van der Waals surface area (Å²) in [7, 11) is 1.82. The van der Waals surface area contributed by atoms with Gasteiger partial charge in [-0.3, -0.25) is 9.67 Å². The fraction of sp³-hybridized carbons (Fsp3) is 0.692. The van der Waals surface area contributed by atoms with Crippen molar-refractivity contribution in [3.05, 3.63) is 18.5 Å². The largest absolute Gasteiger partial charge is 0.356 e. The van der Waals surface area contributed by atoms with Crippen LogP contribution in [0.2, 0.25) is 0 Å². The van der Waals surface area contributed by atoms with Crippen molar-refractivity contribution in [3.8, 4) is 0 Å². The van der Waals surface area contributed by atoms with Crippen molar-refractivity contribution in [2.75, 3.05) is 13.6 Å². The van der Waals surface area contributed by atoms with Crippen LogP contribution in [0, 0.1) is 11.8 Å². The lowest BCUT2D eigenvalue weighted by atomic mass is 10.2. The van der Waals surface area contributed by atoms with Crippen LogP contribution in [-0.2, 0) is 6.54 Å². The Hall–Kier alpha value is -0.790. The molecule has 1 aromatic rings. The van der Waals surface area contributed by atoms with Crippen molar-refractivity contribution in [1.29, 1.82) is 0 Å². The van der Waals surface area contributed by atoms with Gasteiger partial charge >= 0.3 is 0 Å². The number of hydrogen-bond acceptors (Lipinski definition) is 2. The summed E-state index contributed by atoms with van der Waals surface area (Å²) >= 11 is 0. The molecule has 3 unspecified atom stereocenters. The zero-order valence-electron chi connectivity index (χ0n) is 11.8. The maximum atomic E-state index is 4.24. The maximum Gasteiger partial charge on any atom is 0.191 e. The van der Waals surface area contributed by atoms with Gasteiger partial charge < -0.3 is 10.6 Å². The Morgan fingerprint density at radius 3 is 2.84 bits per heavy atom. The van der Waals surface area contributed by atoms with Crippen LogP contribution in [0.1, 0.15) is 20.3 Å². The topological polar surface area (TPSA) is 54.2 Å². The molecule has 1 heterocycles. The predicted octanol–water partition coefficient (Wildman–Crippen LogP) is 1.71. The van der Waals surface area contributed by atoms with E-state index in [4.69, 9.17) is 0 Å². The molecule has 1 aliphatic rings. The van der Waals surface area contributed by atoms with Gasteiger partial charge in [-0.15, -0.1) is 24.0 Å². The smallest absolute Gasteiger partial charge is 0.191 e. The van der Waals surface area contributed by atoms with Crippen LogP contribution in [0.25, 0.3) is 0 Å². The van der Waals surface area contributed by atoms with Gasteiger partial charge in [0.1, 0.15) is 0 Å². The van der Waals surface area contributed by atoms with E-state index in [1.165, 1.54) is 6.42 Å². The summed E-state index contributed by atoms with van der Waals surface area (Å²) < 4.78 is 1.96. The Morgan fingerprint density at radius 1 is 1.58 bits per heavy atom. The van der Waals surface area contributed by atoms with E-state index in [2.05, 4.69) is 34.6 Å². The van der Waals surface area contributed by atoms with Crippen LogP contribution < -0.4 is 10.6 Å². The third-order valence-electron chi connectivity index (χ3n) is 3.33. The maximum absolute atomic E-state index is 4.24. The van der Waals surface area contributed by atoms with Crippen LogP contribution in [0.3, 0.4) is 0 Å². The first-order valence-electron chi connectivity index (χ1n) is 6.63. The molecule has 108 valence electrons. The van der Waals surface area contributed by atoms with Gasteiger partial charge in [-0.05, 0) is 24.3 Å². The average Bonchev–Trinajstić information content (AvgIpc) is 2.82. The molecule has 0 aliphatic heterocycles. The summed E-state index contributed by atoms with van der Waals surface area (Å²) in [6, 6.07) is 2.56. The van der Waals surface area contributed by atoms with Crippen molar-refractivity contribution in [2.45, 2.75) is 32.9 Å². The van der Waals surface area contributed by atoms with Gasteiger partial charge in [-0.2, -0.15) is 5.10 Å². The molecule has 19 heavy (non-hydrogen) atoms. The second-order valence-corrected chi connectivity index (χ2v) is 5.25. The van der Waals surface area contributed by atoms with Gasteiger partial charge in [0.25, 0.3) is 0 Å². The third-order valence-corrected chi connectivity index (χ3v) is 3.33. The summed E-state index contributed by atoms with van der Waals surface area (Å²) in [6.07, 6.45) is 5.06. The molecule has 2 N–H and O–H groups in total. The minimum absolute atomic E-state index is 0. The molecule has 0 saturated heterocycles. The number of nitrogens with zero attached hydrogens (tertiary/aromatic N) is 3. The Morgan fingerprint density at radius 2 is 2.32 bits per heavy atom. The van der Waals surface area contributed by atoms with E-state index in [-0.39, 0.29) is 24.0 Å². The molecule has 0 aromatic carbocycles. The molecule has 6 heteroatoms. The normalized spacial score (nSPS) is 23.4. The molecule has 5 nitrogen and oxygen atoms in total. The van der Waals surface area contributed by atoms with Crippen molar-refractivity contribution < 1.29 is 0 Å². The molecule has 0 bridgehead atoms. The quantitative estimate of drug-likeness (QED) is 0.467. The summed E-state index contributed by atoms with van der Waals surface area (Å²) in [5.74, 6) is 2.21. The minimum Gasteiger partial charge on any atom is -0.356 e. The predicted molar refractivity (Wildman–Crippen MR) is 88.9 cm³/mol. The molecule has 3 atom stereocenters. The number of guanidine groups is 1. The van der Waals surface area contributed by atoms with Crippen LogP contribution in [0.15, 0.2) is 23.5 Å². The van der Waals surface area contributed by atoms with Crippen molar-refractivity contribution in [3.63, 3.8) is 0 Å². The lowest BCUT2D eigenvalue weighted by molar-refractivity contribution is 0.443. The van der Waals surface area contributed by atoms with Crippen LogP contribution in [0.5, 0.6) is 0 Å². The molecule has 0 radical (unpaired) electrons. The van der Waals surface area contributed by atoms with Crippen molar-refractivity contribution >= 4 is 29.9 Å². The number of aliphatic imine (C=N–C) groups is 1. The van der Waals surface area contributed by atoms with Crippen molar-refractivity contribution in [1.82, 2.24) is 20.4 Å². The van der Waals surface area contributed by atoms with E-state index in [0.29, 0.717) is 12.0 Å². The van der Waals surface area contributed by atoms with Gasteiger partial charge in [-0.1, -0.05) is 13.8 Å². The summed E-state index contributed by atoms with van der Waals surface area (Å²) in [5.41, 5.74) is 0. The standard InChI is InChI=1S/C13H23N5.HI/c1-10(9-18-6-4-5-16-18)8-15-13(14-3)17-12-7-11(12)2;/h4-6,10-12H,7-9H2,1-3H3,(H2,14,15,17);1H. The molecule has 1 saturated carbocycles.